The SMILES string of the molecule is COC(=O)C1=C(C)N=c2sc(=Cc3ccc(Cl)cc3)c(=O)n2[C@@H]1c1ccccc1Cl. The average Bonchev–Trinajstić information content (AvgIpc) is 3.03. The molecule has 30 heavy (non-hydrogen) atoms. The lowest BCUT2D eigenvalue weighted by Crippen LogP contribution is -2.39. The lowest BCUT2D eigenvalue weighted by molar-refractivity contribution is -0.136. The van der Waals surface area contributed by atoms with E-state index in [1.54, 1.807) is 43.3 Å². The number of halogens is 2. The van der Waals surface area contributed by atoms with Gasteiger partial charge in [0.2, 0.25) is 0 Å². The van der Waals surface area contributed by atoms with Gasteiger partial charge in [0.05, 0.1) is 22.9 Å². The lowest BCUT2D eigenvalue weighted by atomic mass is 9.96. The standard InChI is InChI=1S/C22H16Cl2N2O3S/c1-12-18(21(28)29-2)19(15-5-3-4-6-16(15)24)26-20(27)17(30-22(26)25-12)11-13-7-9-14(23)10-8-13/h3-11,19H,1-2H3/t19-/m1/s1. The highest BCUT2D eigenvalue weighted by molar-refractivity contribution is 7.07. The van der Waals surface area contributed by atoms with Crippen molar-refractivity contribution in [3.05, 3.63) is 101 Å². The molecule has 0 saturated carbocycles. The number of rotatable bonds is 3. The highest BCUT2D eigenvalue weighted by Crippen LogP contribution is 2.34. The van der Waals surface area contributed by atoms with Crippen LogP contribution >= 0.6 is 34.5 Å². The number of benzene rings is 2. The molecule has 152 valence electrons. The fourth-order valence-corrected chi connectivity index (χ4v) is 4.81. The van der Waals surface area contributed by atoms with Crippen molar-refractivity contribution < 1.29 is 9.53 Å². The number of carbonyl (C=O) groups excluding carboxylic acids is 1. The Hall–Kier alpha value is -2.67. The van der Waals surface area contributed by atoms with Gasteiger partial charge in [0.1, 0.15) is 6.04 Å². The van der Waals surface area contributed by atoms with Crippen molar-refractivity contribution >= 4 is 46.6 Å². The molecule has 2 heterocycles. The van der Waals surface area contributed by atoms with Crippen molar-refractivity contribution in [1.82, 2.24) is 4.57 Å². The minimum atomic E-state index is -0.727. The molecular weight excluding hydrogens is 443 g/mol. The molecule has 0 saturated heterocycles. The zero-order chi connectivity index (χ0) is 21.4. The smallest absolute Gasteiger partial charge is 0.338 e. The Morgan fingerprint density at radius 1 is 1.17 bits per heavy atom. The molecule has 0 spiro atoms. The predicted molar refractivity (Wildman–Crippen MR) is 119 cm³/mol. The largest absolute Gasteiger partial charge is 0.466 e. The molecule has 8 heteroatoms. The van der Waals surface area contributed by atoms with Crippen LogP contribution in [0.4, 0.5) is 0 Å². The van der Waals surface area contributed by atoms with Gasteiger partial charge in [-0.2, -0.15) is 0 Å². The molecule has 0 amide bonds. The molecule has 0 N–H and O–H groups in total. The van der Waals surface area contributed by atoms with Gasteiger partial charge in [0.25, 0.3) is 5.56 Å². The van der Waals surface area contributed by atoms with Gasteiger partial charge in [-0.15, -0.1) is 0 Å². The Bertz CT molecular complexity index is 1350. The van der Waals surface area contributed by atoms with E-state index in [-0.39, 0.29) is 11.1 Å². The summed E-state index contributed by atoms with van der Waals surface area (Å²) < 4.78 is 6.99. The monoisotopic (exact) mass is 458 g/mol. The second kappa shape index (κ2) is 8.22. The molecule has 1 aromatic heterocycles. The van der Waals surface area contributed by atoms with Crippen molar-refractivity contribution in [2.45, 2.75) is 13.0 Å². The first-order valence-electron chi connectivity index (χ1n) is 9.01. The van der Waals surface area contributed by atoms with Gasteiger partial charge in [-0.25, -0.2) is 9.79 Å². The second-order valence-electron chi connectivity index (χ2n) is 6.65. The number of allylic oxidation sites excluding steroid dienone is 1. The van der Waals surface area contributed by atoms with Gasteiger partial charge in [-0.05, 0) is 42.3 Å². The van der Waals surface area contributed by atoms with Crippen LogP contribution in [0, 0.1) is 0 Å². The number of methoxy groups -OCH3 is 1. The van der Waals surface area contributed by atoms with E-state index in [1.807, 2.05) is 18.2 Å². The zero-order valence-corrected chi connectivity index (χ0v) is 18.4. The summed E-state index contributed by atoms with van der Waals surface area (Å²) in [5.41, 5.74) is 1.99. The molecule has 0 unspecified atom stereocenters. The second-order valence-corrected chi connectivity index (χ2v) is 8.50. The maximum absolute atomic E-state index is 13.4. The Morgan fingerprint density at radius 2 is 1.87 bits per heavy atom. The quantitative estimate of drug-likeness (QED) is 0.561. The number of esters is 1. The normalized spacial score (nSPS) is 16.3. The summed E-state index contributed by atoms with van der Waals surface area (Å²) >= 11 is 13.7. The first kappa shape index (κ1) is 20.6. The summed E-state index contributed by atoms with van der Waals surface area (Å²) in [5.74, 6) is -0.548. The number of fused-ring (bicyclic) bond motifs is 1. The summed E-state index contributed by atoms with van der Waals surface area (Å²) in [6.07, 6.45) is 1.78. The molecule has 1 atom stereocenters. The highest BCUT2D eigenvalue weighted by atomic mass is 35.5. The maximum atomic E-state index is 13.4. The van der Waals surface area contributed by atoms with Gasteiger partial charge in [0, 0.05) is 10.0 Å². The van der Waals surface area contributed by atoms with E-state index in [1.165, 1.54) is 23.0 Å². The van der Waals surface area contributed by atoms with E-state index in [0.717, 1.165) is 5.56 Å². The summed E-state index contributed by atoms with van der Waals surface area (Å²) in [6, 6.07) is 13.6. The molecule has 3 aromatic rings. The molecule has 0 fully saturated rings. The van der Waals surface area contributed by atoms with Crippen molar-refractivity contribution in [2.24, 2.45) is 4.99 Å². The molecule has 5 nitrogen and oxygen atoms in total. The minimum Gasteiger partial charge on any atom is -0.466 e. The fourth-order valence-electron chi connectivity index (χ4n) is 3.39. The third-order valence-corrected chi connectivity index (χ3v) is 6.37. The van der Waals surface area contributed by atoms with Crippen molar-refractivity contribution in [3.8, 4) is 0 Å². The molecule has 4 rings (SSSR count). The average molecular weight is 459 g/mol. The zero-order valence-electron chi connectivity index (χ0n) is 16.1. The summed E-state index contributed by atoms with van der Waals surface area (Å²) in [6.45, 7) is 1.73. The molecule has 0 aliphatic carbocycles. The van der Waals surface area contributed by atoms with Crippen LogP contribution in [0.5, 0.6) is 0 Å². The van der Waals surface area contributed by atoms with Crippen LogP contribution < -0.4 is 14.9 Å². The first-order valence-corrected chi connectivity index (χ1v) is 10.6. The summed E-state index contributed by atoms with van der Waals surface area (Å²) in [5, 5.41) is 1.07. The topological polar surface area (TPSA) is 60.7 Å². The molecule has 1 aliphatic rings. The molecule has 2 aromatic carbocycles. The minimum absolute atomic E-state index is 0.257. The number of nitrogens with zero attached hydrogens (tertiary/aromatic N) is 2. The Labute approximate surface area is 186 Å². The molecule has 0 radical (unpaired) electrons. The van der Waals surface area contributed by atoms with Gasteiger partial charge < -0.3 is 4.74 Å². The Kier molecular flexibility index (Phi) is 5.64. The Balaban J connectivity index is 2.00. The fraction of sp³-hybridized carbons (Fsp3) is 0.136. The van der Waals surface area contributed by atoms with E-state index in [4.69, 9.17) is 27.9 Å². The van der Waals surface area contributed by atoms with Crippen molar-refractivity contribution in [3.63, 3.8) is 0 Å². The lowest BCUT2D eigenvalue weighted by Gasteiger charge is -2.25. The van der Waals surface area contributed by atoms with Crippen LogP contribution in [0.3, 0.4) is 0 Å². The van der Waals surface area contributed by atoms with Crippen molar-refractivity contribution in [1.29, 1.82) is 0 Å². The van der Waals surface area contributed by atoms with Crippen molar-refractivity contribution in [2.75, 3.05) is 7.11 Å². The molecular formula is C22H16Cl2N2O3S. The number of thiazole rings is 1. The predicted octanol–water partition coefficient (Wildman–Crippen LogP) is 3.72. The van der Waals surface area contributed by atoms with E-state index in [0.29, 0.717) is 30.6 Å². The third-order valence-electron chi connectivity index (χ3n) is 4.79. The summed E-state index contributed by atoms with van der Waals surface area (Å²) in [7, 11) is 1.30. The van der Waals surface area contributed by atoms with Crippen LogP contribution in [0.25, 0.3) is 6.08 Å². The number of hydrogen-bond donors (Lipinski definition) is 0. The number of carbonyl (C=O) groups is 1. The van der Waals surface area contributed by atoms with Gasteiger partial charge in [-0.1, -0.05) is 64.9 Å². The van der Waals surface area contributed by atoms with Gasteiger partial charge >= 0.3 is 5.97 Å². The van der Waals surface area contributed by atoms with E-state index in [9.17, 15) is 9.59 Å². The number of hydrogen-bond acceptors (Lipinski definition) is 5. The number of ether oxygens (including phenoxy) is 1. The van der Waals surface area contributed by atoms with Crippen LogP contribution in [0.1, 0.15) is 24.1 Å². The van der Waals surface area contributed by atoms with E-state index in [2.05, 4.69) is 4.99 Å². The van der Waals surface area contributed by atoms with Gasteiger partial charge in [-0.3, -0.25) is 9.36 Å². The summed E-state index contributed by atoms with van der Waals surface area (Å²) in [4.78, 5) is 31.0. The van der Waals surface area contributed by atoms with E-state index >= 15 is 0 Å². The Morgan fingerprint density at radius 3 is 2.53 bits per heavy atom. The van der Waals surface area contributed by atoms with E-state index < -0.39 is 12.0 Å². The van der Waals surface area contributed by atoms with Crippen LogP contribution in [-0.4, -0.2) is 17.6 Å². The third kappa shape index (κ3) is 3.62. The van der Waals surface area contributed by atoms with Crippen LogP contribution in [-0.2, 0) is 9.53 Å². The first-order chi connectivity index (χ1) is 14.4. The van der Waals surface area contributed by atoms with Crippen LogP contribution in [0.2, 0.25) is 10.0 Å². The number of aromatic nitrogens is 1. The molecule has 0 bridgehead atoms. The maximum Gasteiger partial charge on any atom is 0.338 e. The highest BCUT2D eigenvalue weighted by Gasteiger charge is 2.34. The van der Waals surface area contributed by atoms with Gasteiger partial charge in [0.15, 0.2) is 4.80 Å². The van der Waals surface area contributed by atoms with Crippen LogP contribution in [0.15, 0.2) is 69.6 Å². The molecule has 1 aliphatic heterocycles.